The number of rotatable bonds is 10. The second-order valence-corrected chi connectivity index (χ2v) is 7.15. The SMILES string of the molecule is CCOCCCN(CC(C)C(=O)O)C(=O)c1nc(-c2ccco2)sc1C. The van der Waals surface area contributed by atoms with Gasteiger partial charge in [-0.25, -0.2) is 4.98 Å². The number of hydrogen-bond donors (Lipinski definition) is 1. The summed E-state index contributed by atoms with van der Waals surface area (Å²) in [5.41, 5.74) is 0.343. The first kappa shape index (κ1) is 20.1. The van der Waals surface area contributed by atoms with E-state index in [-0.39, 0.29) is 12.5 Å². The fraction of sp³-hybridized carbons (Fsp3) is 0.500. The van der Waals surface area contributed by atoms with Crippen LogP contribution in [-0.4, -0.2) is 53.2 Å². The van der Waals surface area contributed by atoms with E-state index in [0.29, 0.717) is 42.6 Å². The number of ether oxygens (including phenoxy) is 1. The number of carbonyl (C=O) groups excluding carboxylic acids is 1. The third kappa shape index (κ3) is 5.15. The summed E-state index contributed by atoms with van der Waals surface area (Å²) in [5, 5.41) is 9.82. The van der Waals surface area contributed by atoms with Crippen molar-refractivity contribution in [1.29, 1.82) is 0 Å². The van der Waals surface area contributed by atoms with Gasteiger partial charge in [-0.3, -0.25) is 9.59 Å². The van der Waals surface area contributed by atoms with E-state index in [4.69, 9.17) is 9.15 Å². The molecule has 1 amide bonds. The minimum atomic E-state index is -0.932. The van der Waals surface area contributed by atoms with Gasteiger partial charge in [0.25, 0.3) is 5.91 Å². The van der Waals surface area contributed by atoms with Crippen molar-refractivity contribution in [2.24, 2.45) is 5.92 Å². The molecule has 1 atom stereocenters. The van der Waals surface area contributed by atoms with Crippen LogP contribution in [0.3, 0.4) is 0 Å². The second-order valence-electron chi connectivity index (χ2n) is 5.94. The Hall–Kier alpha value is -2.19. The van der Waals surface area contributed by atoms with Crippen molar-refractivity contribution in [3.63, 3.8) is 0 Å². The van der Waals surface area contributed by atoms with E-state index in [2.05, 4.69) is 4.98 Å². The predicted molar refractivity (Wildman–Crippen MR) is 98.4 cm³/mol. The first-order valence-electron chi connectivity index (χ1n) is 8.55. The average Bonchev–Trinajstić information content (AvgIpc) is 3.26. The summed E-state index contributed by atoms with van der Waals surface area (Å²) in [7, 11) is 0. The number of nitrogens with zero attached hydrogens (tertiary/aromatic N) is 2. The van der Waals surface area contributed by atoms with Crippen molar-refractivity contribution in [3.8, 4) is 10.8 Å². The molecular weight excluding hydrogens is 356 g/mol. The number of hydrogen-bond acceptors (Lipinski definition) is 6. The van der Waals surface area contributed by atoms with Crippen molar-refractivity contribution < 1.29 is 23.8 Å². The Morgan fingerprint density at radius 3 is 2.85 bits per heavy atom. The predicted octanol–water partition coefficient (Wildman–Crippen LogP) is 3.30. The van der Waals surface area contributed by atoms with Gasteiger partial charge in [0.2, 0.25) is 0 Å². The Morgan fingerprint density at radius 1 is 1.46 bits per heavy atom. The average molecular weight is 380 g/mol. The lowest BCUT2D eigenvalue weighted by Crippen LogP contribution is -2.38. The number of aryl methyl sites for hydroxylation is 1. The molecule has 7 nitrogen and oxygen atoms in total. The van der Waals surface area contributed by atoms with Crippen LogP contribution >= 0.6 is 11.3 Å². The molecule has 0 aliphatic heterocycles. The van der Waals surface area contributed by atoms with E-state index in [1.165, 1.54) is 11.3 Å². The number of carboxylic acids is 1. The normalized spacial score (nSPS) is 12.1. The molecule has 0 aliphatic carbocycles. The molecule has 2 heterocycles. The fourth-order valence-electron chi connectivity index (χ4n) is 2.44. The van der Waals surface area contributed by atoms with Gasteiger partial charge in [0, 0.05) is 31.2 Å². The molecule has 0 spiro atoms. The highest BCUT2D eigenvalue weighted by Crippen LogP contribution is 2.28. The van der Waals surface area contributed by atoms with E-state index in [1.54, 1.807) is 30.2 Å². The van der Waals surface area contributed by atoms with Gasteiger partial charge in [-0.15, -0.1) is 11.3 Å². The zero-order chi connectivity index (χ0) is 19.1. The molecule has 0 aromatic carbocycles. The molecule has 0 bridgehead atoms. The highest BCUT2D eigenvalue weighted by atomic mass is 32.1. The summed E-state index contributed by atoms with van der Waals surface area (Å²) in [5.74, 6) is -1.24. The van der Waals surface area contributed by atoms with Gasteiger partial charge in [0.05, 0.1) is 12.2 Å². The zero-order valence-corrected chi connectivity index (χ0v) is 16.0. The fourth-order valence-corrected chi connectivity index (χ4v) is 3.31. The topological polar surface area (TPSA) is 92.9 Å². The van der Waals surface area contributed by atoms with Crippen molar-refractivity contribution >= 4 is 23.2 Å². The standard InChI is InChI=1S/C18H24N2O5S/c1-4-24-9-6-8-20(11-12(2)18(22)23)17(21)15-13(3)26-16(19-15)14-7-5-10-25-14/h5,7,10,12H,4,6,8-9,11H2,1-3H3,(H,22,23). The third-order valence-electron chi connectivity index (χ3n) is 3.85. The molecule has 2 aromatic heterocycles. The summed E-state index contributed by atoms with van der Waals surface area (Å²) >= 11 is 1.38. The van der Waals surface area contributed by atoms with Gasteiger partial charge in [0.1, 0.15) is 5.69 Å². The van der Waals surface area contributed by atoms with E-state index < -0.39 is 11.9 Å². The molecular formula is C18H24N2O5S. The van der Waals surface area contributed by atoms with E-state index in [0.717, 1.165) is 4.88 Å². The van der Waals surface area contributed by atoms with Crippen LogP contribution in [-0.2, 0) is 9.53 Å². The Bertz CT molecular complexity index is 726. The summed E-state index contributed by atoms with van der Waals surface area (Å²) in [6, 6.07) is 3.56. The zero-order valence-electron chi connectivity index (χ0n) is 15.2. The molecule has 142 valence electrons. The van der Waals surface area contributed by atoms with Gasteiger partial charge in [0.15, 0.2) is 10.8 Å². The maximum absolute atomic E-state index is 13.0. The summed E-state index contributed by atoms with van der Waals surface area (Å²) in [4.78, 5) is 30.9. The molecule has 0 aliphatic rings. The van der Waals surface area contributed by atoms with Gasteiger partial charge >= 0.3 is 5.97 Å². The van der Waals surface area contributed by atoms with Crippen LogP contribution in [0.4, 0.5) is 0 Å². The Morgan fingerprint density at radius 2 is 2.23 bits per heavy atom. The van der Waals surface area contributed by atoms with Crippen LogP contribution in [0.1, 0.15) is 35.6 Å². The monoisotopic (exact) mass is 380 g/mol. The van der Waals surface area contributed by atoms with Crippen molar-refractivity contribution in [2.45, 2.75) is 27.2 Å². The first-order valence-corrected chi connectivity index (χ1v) is 9.36. The second kappa shape index (κ2) is 9.49. The van der Waals surface area contributed by atoms with E-state index in [1.807, 2.05) is 13.8 Å². The minimum absolute atomic E-state index is 0.132. The van der Waals surface area contributed by atoms with Gasteiger partial charge in [-0.05, 0) is 32.4 Å². The highest BCUT2D eigenvalue weighted by molar-refractivity contribution is 7.15. The molecule has 2 rings (SSSR count). The molecule has 0 fully saturated rings. The first-order chi connectivity index (χ1) is 12.4. The number of furan rings is 1. The summed E-state index contributed by atoms with van der Waals surface area (Å²) in [6.07, 6.45) is 2.20. The molecule has 1 N–H and O–H groups in total. The van der Waals surface area contributed by atoms with Gasteiger partial charge < -0.3 is 19.2 Å². The largest absolute Gasteiger partial charge is 0.481 e. The number of carbonyl (C=O) groups is 2. The quantitative estimate of drug-likeness (QED) is 0.636. The molecule has 0 radical (unpaired) electrons. The van der Waals surface area contributed by atoms with Crippen molar-refractivity contribution in [2.75, 3.05) is 26.3 Å². The Balaban J connectivity index is 2.17. The molecule has 1 unspecified atom stereocenters. The Kier molecular flexibility index (Phi) is 7.35. The van der Waals surface area contributed by atoms with Crippen LogP contribution in [0.2, 0.25) is 0 Å². The summed E-state index contributed by atoms with van der Waals surface area (Å²) < 4.78 is 10.7. The molecule has 0 saturated carbocycles. The molecule has 8 heteroatoms. The Labute approximate surface area is 156 Å². The van der Waals surface area contributed by atoms with Crippen LogP contribution in [0, 0.1) is 12.8 Å². The lowest BCUT2D eigenvalue weighted by molar-refractivity contribution is -0.141. The van der Waals surface area contributed by atoms with Crippen molar-refractivity contribution in [3.05, 3.63) is 29.0 Å². The maximum atomic E-state index is 13.0. The molecule has 0 saturated heterocycles. The molecule has 26 heavy (non-hydrogen) atoms. The number of carboxylic acid groups (broad SMARTS) is 1. The van der Waals surface area contributed by atoms with Crippen LogP contribution in [0.25, 0.3) is 10.8 Å². The van der Waals surface area contributed by atoms with E-state index >= 15 is 0 Å². The third-order valence-corrected chi connectivity index (χ3v) is 4.84. The minimum Gasteiger partial charge on any atom is -0.481 e. The molecule has 2 aromatic rings. The van der Waals surface area contributed by atoms with Crippen LogP contribution in [0.15, 0.2) is 22.8 Å². The number of aromatic nitrogens is 1. The lowest BCUT2D eigenvalue weighted by atomic mass is 10.1. The number of amides is 1. The number of aliphatic carboxylic acids is 1. The smallest absolute Gasteiger partial charge is 0.308 e. The maximum Gasteiger partial charge on any atom is 0.308 e. The van der Waals surface area contributed by atoms with Gasteiger partial charge in [-0.2, -0.15) is 0 Å². The van der Waals surface area contributed by atoms with E-state index in [9.17, 15) is 14.7 Å². The van der Waals surface area contributed by atoms with Gasteiger partial charge in [-0.1, -0.05) is 6.92 Å². The lowest BCUT2D eigenvalue weighted by Gasteiger charge is -2.24. The highest BCUT2D eigenvalue weighted by Gasteiger charge is 2.25. The van der Waals surface area contributed by atoms with Crippen LogP contribution in [0.5, 0.6) is 0 Å². The number of thiazole rings is 1. The summed E-state index contributed by atoms with van der Waals surface area (Å²) in [6.45, 7) is 7.01. The van der Waals surface area contributed by atoms with Crippen LogP contribution < -0.4 is 0 Å². The van der Waals surface area contributed by atoms with Crippen molar-refractivity contribution in [1.82, 2.24) is 9.88 Å².